The van der Waals surface area contributed by atoms with E-state index in [1.54, 1.807) is 0 Å². The second kappa shape index (κ2) is 7.52. The third kappa shape index (κ3) is 5.21. The Morgan fingerprint density at radius 3 is 2.24 bits per heavy atom. The Morgan fingerprint density at radius 2 is 1.72 bits per heavy atom. The molecule has 1 aromatic carbocycles. The highest BCUT2D eigenvalue weighted by atomic mass is 32.2. The van der Waals surface area contributed by atoms with E-state index in [1.807, 2.05) is 4.72 Å². The molecule has 0 spiro atoms. The monoisotopic (exact) mass is 443 g/mol. The SMILES string of the molecule is O=S(=O)(Nc1cnn(CC2CCCO2)c1)c1cc(C(F)(F)F)cc(C(F)(F)F)c1. The molecule has 0 aliphatic carbocycles. The van der Waals surface area contributed by atoms with Gasteiger partial charge in [-0.2, -0.15) is 31.4 Å². The molecule has 0 bridgehead atoms. The minimum absolute atomic E-state index is 0.0998. The largest absolute Gasteiger partial charge is 0.416 e. The Balaban J connectivity index is 1.88. The first-order chi connectivity index (χ1) is 13.3. The fourth-order valence-corrected chi connectivity index (χ4v) is 3.91. The van der Waals surface area contributed by atoms with Gasteiger partial charge in [-0.25, -0.2) is 8.42 Å². The highest BCUT2D eigenvalue weighted by molar-refractivity contribution is 7.92. The number of alkyl halides is 6. The van der Waals surface area contributed by atoms with E-state index in [4.69, 9.17) is 4.74 Å². The zero-order valence-corrected chi connectivity index (χ0v) is 15.4. The van der Waals surface area contributed by atoms with Crippen LogP contribution in [-0.4, -0.2) is 30.9 Å². The first-order valence-electron chi connectivity index (χ1n) is 8.31. The van der Waals surface area contributed by atoms with Crippen LogP contribution in [0.2, 0.25) is 0 Å². The van der Waals surface area contributed by atoms with Crippen molar-refractivity contribution in [2.24, 2.45) is 0 Å². The van der Waals surface area contributed by atoms with Crippen LogP contribution in [0.3, 0.4) is 0 Å². The smallest absolute Gasteiger partial charge is 0.376 e. The molecular weight excluding hydrogens is 428 g/mol. The lowest BCUT2D eigenvalue weighted by Gasteiger charge is -2.14. The van der Waals surface area contributed by atoms with Gasteiger partial charge < -0.3 is 4.74 Å². The second-order valence-electron chi connectivity index (χ2n) is 6.43. The summed E-state index contributed by atoms with van der Waals surface area (Å²) in [7, 11) is -4.73. The summed E-state index contributed by atoms with van der Waals surface area (Å²) in [6.07, 6.45) is -6.36. The van der Waals surface area contributed by atoms with Gasteiger partial charge in [-0.3, -0.25) is 9.40 Å². The molecule has 1 fully saturated rings. The summed E-state index contributed by atoms with van der Waals surface area (Å²) >= 11 is 0. The van der Waals surface area contributed by atoms with E-state index in [1.165, 1.54) is 10.9 Å². The van der Waals surface area contributed by atoms with Crippen LogP contribution < -0.4 is 4.72 Å². The molecule has 1 aliphatic rings. The number of ether oxygens (including phenoxy) is 1. The average Bonchev–Trinajstić information content (AvgIpc) is 3.25. The number of rotatable bonds is 5. The van der Waals surface area contributed by atoms with Crippen molar-refractivity contribution in [1.29, 1.82) is 0 Å². The molecule has 3 rings (SSSR count). The van der Waals surface area contributed by atoms with Gasteiger partial charge in [0.25, 0.3) is 10.0 Å². The van der Waals surface area contributed by atoms with Gasteiger partial charge in [0.1, 0.15) is 0 Å². The van der Waals surface area contributed by atoms with Crippen molar-refractivity contribution in [2.45, 2.75) is 42.7 Å². The minimum atomic E-state index is -5.16. The van der Waals surface area contributed by atoms with Crippen molar-refractivity contribution in [2.75, 3.05) is 11.3 Å². The average molecular weight is 443 g/mol. The van der Waals surface area contributed by atoms with Crippen LogP contribution in [0.15, 0.2) is 35.5 Å². The first kappa shape index (κ1) is 21.4. The molecule has 1 aliphatic heterocycles. The summed E-state index contributed by atoms with van der Waals surface area (Å²) in [6, 6.07) is 0.154. The Labute approximate surface area is 161 Å². The van der Waals surface area contributed by atoms with E-state index >= 15 is 0 Å². The second-order valence-corrected chi connectivity index (χ2v) is 8.12. The van der Waals surface area contributed by atoms with Crippen molar-refractivity contribution in [3.63, 3.8) is 0 Å². The molecule has 13 heteroatoms. The van der Waals surface area contributed by atoms with Crippen molar-refractivity contribution < 1.29 is 39.5 Å². The fourth-order valence-electron chi connectivity index (χ4n) is 2.81. The van der Waals surface area contributed by atoms with Crippen LogP contribution in [-0.2, 0) is 33.7 Å². The van der Waals surface area contributed by atoms with E-state index in [-0.39, 0.29) is 30.0 Å². The lowest BCUT2D eigenvalue weighted by molar-refractivity contribution is -0.143. The van der Waals surface area contributed by atoms with Crippen molar-refractivity contribution in [3.8, 4) is 0 Å². The number of benzene rings is 1. The number of aromatic nitrogens is 2. The number of hydrogen-bond donors (Lipinski definition) is 1. The van der Waals surface area contributed by atoms with Crippen LogP contribution in [0.4, 0.5) is 32.0 Å². The maximum absolute atomic E-state index is 12.9. The molecule has 1 saturated heterocycles. The summed E-state index contributed by atoms with van der Waals surface area (Å²) < 4.78 is 111. The lowest BCUT2D eigenvalue weighted by atomic mass is 10.1. The minimum Gasteiger partial charge on any atom is -0.376 e. The van der Waals surface area contributed by atoms with Gasteiger partial charge in [0.05, 0.1) is 40.6 Å². The fraction of sp³-hybridized carbons (Fsp3) is 0.438. The van der Waals surface area contributed by atoms with Crippen LogP contribution in [0, 0.1) is 0 Å². The maximum Gasteiger partial charge on any atom is 0.416 e. The van der Waals surface area contributed by atoms with Gasteiger partial charge in [-0.1, -0.05) is 0 Å². The molecule has 6 nitrogen and oxygen atoms in total. The molecule has 0 amide bonds. The first-order valence-corrected chi connectivity index (χ1v) is 9.79. The summed E-state index contributed by atoms with van der Waals surface area (Å²) in [5.74, 6) is 0. The molecular formula is C16H15F6N3O3S. The predicted octanol–water partition coefficient (Wildman–Crippen LogP) is 3.90. The summed E-state index contributed by atoms with van der Waals surface area (Å²) in [5.41, 5.74) is -3.54. The molecule has 1 unspecified atom stereocenters. The van der Waals surface area contributed by atoms with E-state index in [0.29, 0.717) is 13.2 Å². The Kier molecular flexibility index (Phi) is 5.56. The lowest BCUT2D eigenvalue weighted by Crippen LogP contribution is -2.17. The van der Waals surface area contributed by atoms with Gasteiger partial charge in [-0.05, 0) is 31.0 Å². The molecule has 2 heterocycles. The van der Waals surface area contributed by atoms with Gasteiger partial charge in [0.15, 0.2) is 0 Å². The van der Waals surface area contributed by atoms with Crippen LogP contribution >= 0.6 is 0 Å². The Morgan fingerprint density at radius 1 is 1.10 bits per heavy atom. The Hall–Kier alpha value is -2.28. The van der Waals surface area contributed by atoms with Gasteiger partial charge >= 0.3 is 12.4 Å². The molecule has 0 radical (unpaired) electrons. The van der Waals surface area contributed by atoms with Crippen LogP contribution in [0.5, 0.6) is 0 Å². The van der Waals surface area contributed by atoms with Crippen molar-refractivity contribution in [3.05, 3.63) is 41.7 Å². The number of hydrogen-bond acceptors (Lipinski definition) is 4. The van der Waals surface area contributed by atoms with E-state index in [9.17, 15) is 34.8 Å². The molecule has 29 heavy (non-hydrogen) atoms. The molecule has 1 atom stereocenters. The molecule has 1 N–H and O–H groups in total. The maximum atomic E-state index is 12.9. The molecule has 1 aromatic heterocycles. The van der Waals surface area contributed by atoms with Crippen LogP contribution in [0.25, 0.3) is 0 Å². The number of nitrogens with zero attached hydrogens (tertiary/aromatic N) is 2. The Bertz CT molecular complexity index is 946. The normalized spacial score (nSPS) is 18.2. The summed E-state index contributed by atoms with van der Waals surface area (Å²) in [4.78, 5) is -1.16. The highest BCUT2D eigenvalue weighted by Crippen LogP contribution is 2.37. The number of halogens is 6. The quantitative estimate of drug-likeness (QED) is 0.712. The topological polar surface area (TPSA) is 73.2 Å². The highest BCUT2D eigenvalue weighted by Gasteiger charge is 2.38. The van der Waals surface area contributed by atoms with E-state index < -0.39 is 38.4 Å². The number of nitrogens with one attached hydrogen (secondary N) is 1. The van der Waals surface area contributed by atoms with E-state index in [0.717, 1.165) is 19.0 Å². The standard InChI is InChI=1S/C16H15F6N3O3S/c17-15(18,19)10-4-11(16(20,21)22)6-14(5-10)29(26,27)24-12-7-23-25(8-12)9-13-2-1-3-28-13/h4-8,13,24H,1-3,9H2. The third-order valence-electron chi connectivity index (χ3n) is 4.17. The third-order valence-corrected chi connectivity index (χ3v) is 5.53. The van der Waals surface area contributed by atoms with E-state index in [2.05, 4.69) is 5.10 Å². The van der Waals surface area contributed by atoms with Gasteiger partial charge in [0, 0.05) is 12.8 Å². The zero-order valence-electron chi connectivity index (χ0n) is 14.6. The summed E-state index contributed by atoms with van der Waals surface area (Å²) in [5, 5.41) is 3.92. The van der Waals surface area contributed by atoms with Crippen molar-refractivity contribution >= 4 is 15.7 Å². The zero-order chi connectivity index (χ0) is 21.4. The molecule has 0 saturated carbocycles. The number of sulfonamides is 1. The number of anilines is 1. The van der Waals surface area contributed by atoms with Crippen LogP contribution in [0.1, 0.15) is 24.0 Å². The molecule has 2 aromatic rings. The predicted molar refractivity (Wildman–Crippen MR) is 88.5 cm³/mol. The van der Waals surface area contributed by atoms with Gasteiger partial charge in [-0.15, -0.1) is 0 Å². The van der Waals surface area contributed by atoms with Crippen molar-refractivity contribution in [1.82, 2.24) is 9.78 Å². The van der Waals surface area contributed by atoms with Gasteiger partial charge in [0.2, 0.25) is 0 Å². The summed E-state index contributed by atoms with van der Waals surface area (Å²) in [6.45, 7) is 0.937. The molecule has 160 valence electrons.